The zero-order valence-electron chi connectivity index (χ0n) is 7.90. The third-order valence-electron chi connectivity index (χ3n) is 2.49. The second-order valence-electron chi connectivity index (χ2n) is 3.40. The minimum Gasteiger partial charge on any atom is -0.354 e. The van der Waals surface area contributed by atoms with E-state index < -0.39 is 0 Å². The SMILES string of the molecule is O=c1ncccc2[nH]c3ccccc3c12. The van der Waals surface area contributed by atoms with Gasteiger partial charge in [0.1, 0.15) is 0 Å². The molecule has 3 nitrogen and oxygen atoms in total. The van der Waals surface area contributed by atoms with E-state index in [1.807, 2.05) is 30.3 Å². The Morgan fingerprint density at radius 1 is 1.00 bits per heavy atom. The van der Waals surface area contributed by atoms with Gasteiger partial charge in [-0.05, 0) is 18.2 Å². The minimum absolute atomic E-state index is 0.188. The second-order valence-corrected chi connectivity index (χ2v) is 3.40. The summed E-state index contributed by atoms with van der Waals surface area (Å²) in [6.45, 7) is 0. The molecule has 72 valence electrons. The second kappa shape index (κ2) is 2.92. The molecule has 0 aliphatic heterocycles. The maximum Gasteiger partial charge on any atom is 0.279 e. The topological polar surface area (TPSA) is 45.8 Å². The van der Waals surface area contributed by atoms with Crippen LogP contribution in [0.5, 0.6) is 0 Å². The maximum atomic E-state index is 11.7. The van der Waals surface area contributed by atoms with E-state index >= 15 is 0 Å². The van der Waals surface area contributed by atoms with E-state index in [-0.39, 0.29) is 5.56 Å². The average molecular weight is 196 g/mol. The standard InChI is InChI=1S/C12H8N2O/c15-12-11-8-4-1-2-5-9(8)14-10(11)6-3-7-13-12/h1-7,14H. The molecule has 15 heavy (non-hydrogen) atoms. The third-order valence-corrected chi connectivity index (χ3v) is 2.49. The van der Waals surface area contributed by atoms with E-state index in [2.05, 4.69) is 9.97 Å². The van der Waals surface area contributed by atoms with Crippen LogP contribution < -0.4 is 5.56 Å². The molecule has 0 saturated carbocycles. The molecule has 0 spiro atoms. The number of H-pyrrole nitrogens is 1. The fraction of sp³-hybridized carbons (Fsp3) is 0. The summed E-state index contributed by atoms with van der Waals surface area (Å²) in [5.41, 5.74) is 1.61. The molecule has 0 bridgehead atoms. The third kappa shape index (κ3) is 1.13. The van der Waals surface area contributed by atoms with Gasteiger partial charge in [-0.15, -0.1) is 0 Å². The lowest BCUT2D eigenvalue weighted by atomic mass is 10.2. The molecule has 0 saturated heterocycles. The summed E-state index contributed by atoms with van der Waals surface area (Å²) in [6, 6.07) is 11.4. The number of nitrogens with one attached hydrogen (secondary N) is 1. The summed E-state index contributed by atoms with van der Waals surface area (Å²) in [5, 5.41) is 1.59. The van der Waals surface area contributed by atoms with Crippen LogP contribution in [0.3, 0.4) is 0 Å². The molecule has 0 amide bonds. The van der Waals surface area contributed by atoms with Crippen molar-refractivity contribution in [2.24, 2.45) is 0 Å². The van der Waals surface area contributed by atoms with Crippen molar-refractivity contribution >= 4 is 21.8 Å². The summed E-state index contributed by atoms with van der Waals surface area (Å²) in [5.74, 6) is 0. The Hall–Kier alpha value is -2.16. The van der Waals surface area contributed by atoms with Gasteiger partial charge in [0.25, 0.3) is 5.56 Å². The summed E-state index contributed by atoms with van der Waals surface area (Å²) < 4.78 is 0. The Labute approximate surface area is 85.4 Å². The van der Waals surface area contributed by atoms with Crippen molar-refractivity contribution in [3.8, 4) is 0 Å². The Morgan fingerprint density at radius 2 is 1.80 bits per heavy atom. The number of aromatic amines is 1. The lowest BCUT2D eigenvalue weighted by molar-refractivity contribution is 1.30. The molecule has 0 unspecified atom stereocenters. The van der Waals surface area contributed by atoms with Gasteiger partial charge in [-0.3, -0.25) is 4.79 Å². The predicted octanol–water partition coefficient (Wildman–Crippen LogP) is 2.08. The van der Waals surface area contributed by atoms with Crippen molar-refractivity contribution < 1.29 is 0 Å². The summed E-state index contributed by atoms with van der Waals surface area (Å²) in [7, 11) is 0. The van der Waals surface area contributed by atoms with Crippen molar-refractivity contribution in [3.63, 3.8) is 0 Å². The summed E-state index contributed by atoms with van der Waals surface area (Å²) >= 11 is 0. The molecular weight excluding hydrogens is 188 g/mol. The van der Waals surface area contributed by atoms with Crippen molar-refractivity contribution in [1.29, 1.82) is 0 Å². The quantitative estimate of drug-likeness (QED) is 0.598. The van der Waals surface area contributed by atoms with Gasteiger partial charge >= 0.3 is 0 Å². The molecule has 3 heteroatoms. The Balaban J connectivity index is 2.72. The molecular formula is C12H8N2O. The van der Waals surface area contributed by atoms with Crippen molar-refractivity contribution in [2.45, 2.75) is 0 Å². The molecule has 0 atom stereocenters. The van der Waals surface area contributed by atoms with E-state index in [0.717, 1.165) is 16.4 Å². The number of nitrogens with zero attached hydrogens (tertiary/aromatic N) is 1. The zero-order chi connectivity index (χ0) is 10.3. The zero-order valence-corrected chi connectivity index (χ0v) is 7.90. The highest BCUT2D eigenvalue weighted by atomic mass is 16.1. The normalized spacial score (nSPS) is 10.9. The monoisotopic (exact) mass is 196 g/mol. The average Bonchev–Trinajstić information content (AvgIpc) is 2.53. The lowest BCUT2D eigenvalue weighted by Gasteiger charge is -1.85. The first-order valence-corrected chi connectivity index (χ1v) is 4.72. The number of rotatable bonds is 0. The molecule has 0 fully saturated rings. The van der Waals surface area contributed by atoms with Gasteiger partial charge in [-0.2, -0.15) is 0 Å². The highest BCUT2D eigenvalue weighted by Crippen LogP contribution is 2.20. The van der Waals surface area contributed by atoms with Crippen LogP contribution in [0.4, 0.5) is 0 Å². The van der Waals surface area contributed by atoms with E-state index in [0.29, 0.717) is 5.39 Å². The van der Waals surface area contributed by atoms with Crippen molar-refractivity contribution in [3.05, 3.63) is 52.9 Å². The number of fused-ring (bicyclic) bond motifs is 3. The number of benzene rings is 1. The largest absolute Gasteiger partial charge is 0.354 e. The molecule has 2 aromatic heterocycles. The Bertz CT molecular complexity index is 700. The molecule has 1 aromatic carbocycles. The number of aromatic nitrogens is 2. The minimum atomic E-state index is -0.188. The van der Waals surface area contributed by atoms with Crippen LogP contribution in [0.15, 0.2) is 47.4 Å². The number of hydrogen-bond donors (Lipinski definition) is 1. The van der Waals surface area contributed by atoms with Gasteiger partial charge in [0.05, 0.1) is 10.9 Å². The van der Waals surface area contributed by atoms with Crippen LogP contribution in [-0.4, -0.2) is 9.97 Å². The van der Waals surface area contributed by atoms with Crippen LogP contribution >= 0.6 is 0 Å². The number of para-hydroxylation sites is 1. The fourth-order valence-electron chi connectivity index (χ4n) is 1.83. The molecule has 1 N–H and O–H groups in total. The first-order valence-electron chi connectivity index (χ1n) is 4.72. The molecule has 0 aliphatic carbocycles. The predicted molar refractivity (Wildman–Crippen MR) is 59.9 cm³/mol. The Morgan fingerprint density at radius 3 is 2.73 bits per heavy atom. The van der Waals surface area contributed by atoms with Gasteiger partial charge < -0.3 is 4.98 Å². The maximum absolute atomic E-state index is 11.7. The van der Waals surface area contributed by atoms with Crippen LogP contribution in [0.25, 0.3) is 21.8 Å². The summed E-state index contributed by atoms with van der Waals surface area (Å²) in [4.78, 5) is 18.7. The van der Waals surface area contributed by atoms with Gasteiger partial charge in [0, 0.05) is 17.1 Å². The first kappa shape index (κ1) is 8.17. The van der Waals surface area contributed by atoms with Crippen LogP contribution in [0.1, 0.15) is 0 Å². The van der Waals surface area contributed by atoms with E-state index in [4.69, 9.17) is 0 Å². The van der Waals surface area contributed by atoms with Crippen molar-refractivity contribution in [2.75, 3.05) is 0 Å². The van der Waals surface area contributed by atoms with Gasteiger partial charge in [0.15, 0.2) is 0 Å². The summed E-state index contributed by atoms with van der Waals surface area (Å²) in [6.07, 6.45) is 1.52. The molecule has 3 aromatic rings. The molecule has 0 radical (unpaired) electrons. The first-order chi connectivity index (χ1) is 7.36. The Kier molecular flexibility index (Phi) is 1.59. The van der Waals surface area contributed by atoms with Crippen molar-refractivity contribution in [1.82, 2.24) is 9.97 Å². The molecule has 0 aliphatic rings. The number of hydrogen-bond acceptors (Lipinski definition) is 2. The van der Waals surface area contributed by atoms with Gasteiger partial charge in [-0.1, -0.05) is 18.2 Å². The van der Waals surface area contributed by atoms with E-state index in [1.165, 1.54) is 6.20 Å². The van der Waals surface area contributed by atoms with Crippen LogP contribution in [-0.2, 0) is 0 Å². The van der Waals surface area contributed by atoms with E-state index in [9.17, 15) is 4.79 Å². The smallest absolute Gasteiger partial charge is 0.279 e. The molecule has 3 rings (SSSR count). The highest BCUT2D eigenvalue weighted by Gasteiger charge is 2.05. The molecule has 2 heterocycles. The highest BCUT2D eigenvalue weighted by molar-refractivity contribution is 6.06. The van der Waals surface area contributed by atoms with Gasteiger partial charge in [0.2, 0.25) is 0 Å². The lowest BCUT2D eigenvalue weighted by Crippen LogP contribution is -1.99. The van der Waals surface area contributed by atoms with Crippen LogP contribution in [0, 0.1) is 0 Å². The van der Waals surface area contributed by atoms with Gasteiger partial charge in [-0.25, -0.2) is 4.98 Å². The van der Waals surface area contributed by atoms with Crippen LogP contribution in [0.2, 0.25) is 0 Å². The van der Waals surface area contributed by atoms with E-state index in [1.54, 1.807) is 6.07 Å². The fourth-order valence-corrected chi connectivity index (χ4v) is 1.83.